The molecule has 41 heavy (non-hydrogen) atoms. The molecule has 1 saturated carbocycles. The molecule has 1 aliphatic heterocycles. The first-order chi connectivity index (χ1) is 19.6. The van der Waals surface area contributed by atoms with Gasteiger partial charge in [-0.3, -0.25) is 14.9 Å². The van der Waals surface area contributed by atoms with Crippen LogP contribution >= 0.6 is 11.3 Å². The molecule has 1 aromatic carbocycles. The van der Waals surface area contributed by atoms with Crippen LogP contribution in [0.15, 0.2) is 27.6 Å². The van der Waals surface area contributed by atoms with Crippen molar-refractivity contribution in [2.75, 3.05) is 41.8 Å². The fourth-order valence-electron chi connectivity index (χ4n) is 4.91. The number of aryl methyl sites for hydroxylation is 1. The first kappa shape index (κ1) is 28.6. The number of ether oxygens (including phenoxy) is 1. The molecule has 3 N–H and O–H groups in total. The third-order valence-electron chi connectivity index (χ3n) is 6.89. The summed E-state index contributed by atoms with van der Waals surface area (Å²) >= 11 is 0.578. The number of thiazole rings is 1. The predicted octanol–water partition coefficient (Wildman–Crippen LogP) is 1.98. The number of urea groups is 1. The number of hydrogen-bond donors (Lipinski definition) is 3. The highest BCUT2D eigenvalue weighted by Crippen LogP contribution is 2.34. The number of amides is 2. The van der Waals surface area contributed by atoms with Gasteiger partial charge in [0.1, 0.15) is 0 Å². The van der Waals surface area contributed by atoms with Crippen LogP contribution in [-0.2, 0) is 32.8 Å². The minimum absolute atomic E-state index is 0.0448. The Hall–Kier alpha value is -3.96. The Labute approximate surface area is 238 Å². The van der Waals surface area contributed by atoms with E-state index < -0.39 is 37.6 Å². The fraction of sp³-hybridized carbons (Fsp3) is 0.458. The van der Waals surface area contributed by atoms with Crippen LogP contribution in [0.2, 0.25) is 0 Å². The molecule has 2 aliphatic rings. The van der Waals surface area contributed by atoms with Crippen molar-refractivity contribution in [3.05, 3.63) is 29.5 Å². The van der Waals surface area contributed by atoms with Gasteiger partial charge in [-0.1, -0.05) is 29.3 Å². The van der Waals surface area contributed by atoms with Crippen molar-refractivity contribution in [2.45, 2.75) is 41.5 Å². The Kier molecular flexibility index (Phi) is 8.27. The van der Waals surface area contributed by atoms with Crippen LogP contribution < -0.4 is 15.5 Å². The van der Waals surface area contributed by atoms with E-state index in [1.807, 2.05) is 6.07 Å². The predicted molar refractivity (Wildman–Crippen MR) is 146 cm³/mol. The van der Waals surface area contributed by atoms with E-state index in [9.17, 15) is 27.9 Å². The molecule has 17 heteroatoms. The van der Waals surface area contributed by atoms with E-state index >= 15 is 0 Å². The van der Waals surface area contributed by atoms with Crippen molar-refractivity contribution < 1.29 is 32.6 Å². The second-order valence-electron chi connectivity index (χ2n) is 9.67. The lowest BCUT2D eigenvalue weighted by molar-refractivity contribution is -0.136. The van der Waals surface area contributed by atoms with E-state index in [1.54, 1.807) is 12.1 Å². The third-order valence-corrected chi connectivity index (χ3v) is 10.2. The van der Waals surface area contributed by atoms with Crippen molar-refractivity contribution in [1.29, 1.82) is 0 Å². The van der Waals surface area contributed by atoms with Gasteiger partial charge in [0.05, 0.1) is 31.0 Å². The topological polar surface area (TPSA) is 199 Å². The Morgan fingerprint density at radius 1 is 1.15 bits per heavy atom. The minimum Gasteiger partial charge on any atom is -0.481 e. The zero-order valence-corrected chi connectivity index (χ0v) is 23.7. The SMILES string of the molecule is Cn1nnnc1S(=O)(=O)c1sc(NC(=O)Nc2ccc(N3CCOCC3)cc2C(=O)C2CCCC2)nc1CC(=O)O. The van der Waals surface area contributed by atoms with Crippen LogP contribution in [0.5, 0.6) is 0 Å². The number of nitrogens with zero attached hydrogens (tertiary/aromatic N) is 6. The van der Waals surface area contributed by atoms with Crippen molar-refractivity contribution >= 4 is 55.5 Å². The number of carboxylic acid groups (broad SMARTS) is 1. The number of anilines is 3. The van der Waals surface area contributed by atoms with E-state index in [2.05, 4.69) is 36.0 Å². The number of ketones is 1. The normalized spacial score (nSPS) is 16.1. The van der Waals surface area contributed by atoms with E-state index in [0.717, 1.165) is 36.1 Å². The molecule has 2 fully saturated rings. The maximum Gasteiger partial charge on any atom is 0.325 e. The van der Waals surface area contributed by atoms with Gasteiger partial charge < -0.3 is 20.1 Å². The van der Waals surface area contributed by atoms with Gasteiger partial charge in [-0.2, -0.15) is 0 Å². The van der Waals surface area contributed by atoms with Gasteiger partial charge in [-0.25, -0.2) is 22.9 Å². The molecule has 0 unspecified atom stereocenters. The lowest BCUT2D eigenvalue weighted by Crippen LogP contribution is -2.36. The Balaban J connectivity index is 1.41. The van der Waals surface area contributed by atoms with Gasteiger partial charge >= 0.3 is 12.0 Å². The maximum atomic E-state index is 13.5. The molecule has 1 aliphatic carbocycles. The second kappa shape index (κ2) is 11.9. The number of aliphatic carboxylic acids is 1. The fourth-order valence-corrected chi connectivity index (χ4v) is 7.64. The largest absolute Gasteiger partial charge is 0.481 e. The highest BCUT2D eigenvalue weighted by Gasteiger charge is 2.32. The lowest BCUT2D eigenvalue weighted by Gasteiger charge is -2.29. The molecule has 2 aromatic heterocycles. The Morgan fingerprint density at radius 3 is 2.54 bits per heavy atom. The number of sulfone groups is 1. The van der Waals surface area contributed by atoms with Crippen molar-refractivity contribution in [2.24, 2.45) is 13.0 Å². The van der Waals surface area contributed by atoms with Crippen molar-refractivity contribution in [3.8, 4) is 0 Å². The van der Waals surface area contributed by atoms with Gasteiger partial charge in [-0.15, -0.1) is 0 Å². The first-order valence-corrected chi connectivity index (χ1v) is 15.2. The molecular formula is C24H28N8O7S2. The number of rotatable bonds is 9. The molecule has 3 aromatic rings. The zero-order chi connectivity index (χ0) is 29.1. The van der Waals surface area contributed by atoms with Gasteiger partial charge in [-0.05, 0) is 41.5 Å². The van der Waals surface area contributed by atoms with Crippen LogP contribution in [-0.4, -0.2) is 82.8 Å². The zero-order valence-electron chi connectivity index (χ0n) is 22.1. The van der Waals surface area contributed by atoms with E-state index in [4.69, 9.17) is 4.74 Å². The number of carbonyl (C=O) groups is 3. The van der Waals surface area contributed by atoms with Gasteiger partial charge in [0, 0.05) is 37.3 Å². The Morgan fingerprint density at radius 2 is 1.88 bits per heavy atom. The van der Waals surface area contributed by atoms with Crippen LogP contribution in [0.4, 0.5) is 21.3 Å². The summed E-state index contributed by atoms with van der Waals surface area (Å²) in [5.74, 6) is -1.48. The molecule has 218 valence electrons. The summed E-state index contributed by atoms with van der Waals surface area (Å²) in [6, 6.07) is 4.50. The number of nitrogens with one attached hydrogen (secondary N) is 2. The van der Waals surface area contributed by atoms with Crippen LogP contribution in [0, 0.1) is 5.92 Å². The average Bonchev–Trinajstić information content (AvgIpc) is 3.71. The molecule has 0 radical (unpaired) electrons. The summed E-state index contributed by atoms with van der Waals surface area (Å²) < 4.78 is 32.3. The van der Waals surface area contributed by atoms with Gasteiger partial charge in [0.25, 0.3) is 15.0 Å². The van der Waals surface area contributed by atoms with Crippen LogP contribution in [0.1, 0.15) is 41.7 Å². The molecular weight excluding hydrogens is 576 g/mol. The molecule has 3 heterocycles. The summed E-state index contributed by atoms with van der Waals surface area (Å²) in [5.41, 5.74) is 1.27. The minimum atomic E-state index is -4.33. The first-order valence-electron chi connectivity index (χ1n) is 12.9. The van der Waals surface area contributed by atoms with E-state index in [0.29, 0.717) is 48.9 Å². The van der Waals surface area contributed by atoms with Crippen LogP contribution in [0.3, 0.4) is 0 Å². The number of morpholine rings is 1. The number of carboxylic acids is 1. The monoisotopic (exact) mass is 604 g/mol. The summed E-state index contributed by atoms with van der Waals surface area (Å²) in [7, 11) is -3.00. The number of hydrogen-bond acceptors (Lipinski definition) is 12. The second-order valence-corrected chi connectivity index (χ2v) is 12.7. The summed E-state index contributed by atoms with van der Waals surface area (Å²) in [6.07, 6.45) is 2.82. The van der Waals surface area contributed by atoms with Crippen LogP contribution in [0.25, 0.3) is 0 Å². The summed E-state index contributed by atoms with van der Waals surface area (Å²) in [6.45, 7) is 2.53. The lowest BCUT2D eigenvalue weighted by atomic mass is 9.94. The molecule has 0 bridgehead atoms. The number of aromatic nitrogens is 5. The molecule has 15 nitrogen and oxygen atoms in total. The van der Waals surface area contributed by atoms with E-state index in [-0.39, 0.29) is 22.5 Å². The smallest absolute Gasteiger partial charge is 0.325 e. The summed E-state index contributed by atoms with van der Waals surface area (Å²) in [5, 5.41) is 24.2. The average molecular weight is 605 g/mol. The Bertz CT molecular complexity index is 1570. The number of benzene rings is 1. The number of carbonyl (C=O) groups excluding carboxylic acids is 2. The van der Waals surface area contributed by atoms with Gasteiger partial charge in [0.2, 0.25) is 0 Å². The maximum absolute atomic E-state index is 13.5. The van der Waals surface area contributed by atoms with E-state index in [1.165, 1.54) is 7.05 Å². The highest BCUT2D eigenvalue weighted by molar-refractivity contribution is 7.93. The highest BCUT2D eigenvalue weighted by atomic mass is 32.2. The van der Waals surface area contributed by atoms with Crippen molar-refractivity contribution in [1.82, 2.24) is 25.2 Å². The third kappa shape index (κ3) is 6.20. The quantitative estimate of drug-likeness (QED) is 0.301. The van der Waals surface area contributed by atoms with Crippen molar-refractivity contribution in [3.63, 3.8) is 0 Å². The molecule has 0 spiro atoms. The molecule has 5 rings (SSSR count). The standard InChI is InChI=1S/C24H28N8O7S2/c1-31-24(28-29-30-31)41(37,38)21-18(13-19(33)34)26-23(40-21)27-22(36)25-17-7-6-15(32-8-10-39-11-9-32)12-16(17)20(35)14-4-2-3-5-14/h6-7,12,14H,2-5,8-11,13H2,1H3,(H,33,34)(H2,25,26,27,36). The number of tetrazole rings is 1. The van der Waals surface area contributed by atoms with Gasteiger partial charge in [0.15, 0.2) is 15.1 Å². The molecule has 2 amide bonds. The molecule has 1 saturated heterocycles. The summed E-state index contributed by atoms with van der Waals surface area (Å²) in [4.78, 5) is 44.1. The molecule has 0 atom stereocenters. The number of Topliss-reactive ketones (excluding diaryl/α,β-unsaturated/α-hetero) is 1.